The standard InChI is InChI=1S/C7H8N2S/c1-6-9-7(5-10-6)3-2-4-8/h5H,4,8H2,1H3. The molecule has 10 heavy (non-hydrogen) atoms. The van der Waals surface area contributed by atoms with Crippen molar-refractivity contribution in [2.75, 3.05) is 6.54 Å². The predicted molar refractivity (Wildman–Crippen MR) is 42.8 cm³/mol. The first-order valence-corrected chi connectivity index (χ1v) is 3.82. The Kier molecular flexibility index (Phi) is 2.43. The summed E-state index contributed by atoms with van der Waals surface area (Å²) in [6.07, 6.45) is 0. The first-order valence-electron chi connectivity index (χ1n) is 2.94. The van der Waals surface area contributed by atoms with E-state index in [2.05, 4.69) is 16.8 Å². The minimum Gasteiger partial charge on any atom is -0.320 e. The molecule has 0 unspecified atom stereocenters. The second kappa shape index (κ2) is 3.35. The molecule has 52 valence electrons. The lowest BCUT2D eigenvalue weighted by Gasteiger charge is -1.74. The molecule has 1 aromatic heterocycles. The highest BCUT2D eigenvalue weighted by Gasteiger charge is 1.90. The van der Waals surface area contributed by atoms with Gasteiger partial charge in [0.15, 0.2) is 0 Å². The van der Waals surface area contributed by atoms with Gasteiger partial charge in [0, 0.05) is 5.38 Å². The smallest absolute Gasteiger partial charge is 0.124 e. The first-order chi connectivity index (χ1) is 4.83. The molecule has 0 saturated carbocycles. The van der Waals surface area contributed by atoms with Crippen molar-refractivity contribution in [3.8, 4) is 11.8 Å². The molecule has 0 aromatic carbocycles. The van der Waals surface area contributed by atoms with Gasteiger partial charge >= 0.3 is 0 Å². The molecule has 0 amide bonds. The average molecular weight is 152 g/mol. The van der Waals surface area contributed by atoms with E-state index in [1.807, 2.05) is 12.3 Å². The van der Waals surface area contributed by atoms with Gasteiger partial charge in [-0.2, -0.15) is 0 Å². The van der Waals surface area contributed by atoms with E-state index in [1.54, 1.807) is 11.3 Å². The first kappa shape index (κ1) is 7.26. The Morgan fingerprint density at radius 3 is 3.10 bits per heavy atom. The number of nitrogens with zero attached hydrogens (tertiary/aromatic N) is 1. The summed E-state index contributed by atoms with van der Waals surface area (Å²) in [6.45, 7) is 2.36. The summed E-state index contributed by atoms with van der Waals surface area (Å²) in [6, 6.07) is 0. The number of aromatic nitrogens is 1. The Morgan fingerprint density at radius 1 is 1.80 bits per heavy atom. The van der Waals surface area contributed by atoms with E-state index in [4.69, 9.17) is 5.73 Å². The molecule has 0 bridgehead atoms. The molecule has 0 fully saturated rings. The average Bonchev–Trinajstić information content (AvgIpc) is 2.31. The summed E-state index contributed by atoms with van der Waals surface area (Å²) in [5, 5.41) is 2.97. The van der Waals surface area contributed by atoms with Gasteiger partial charge in [-0.15, -0.1) is 11.3 Å². The number of nitrogens with two attached hydrogens (primary N) is 1. The summed E-state index contributed by atoms with van der Waals surface area (Å²) in [5.74, 6) is 5.59. The molecule has 0 aliphatic carbocycles. The van der Waals surface area contributed by atoms with Crippen molar-refractivity contribution in [2.24, 2.45) is 5.73 Å². The molecule has 0 saturated heterocycles. The van der Waals surface area contributed by atoms with Crippen molar-refractivity contribution in [3.63, 3.8) is 0 Å². The molecule has 1 heterocycles. The van der Waals surface area contributed by atoms with E-state index < -0.39 is 0 Å². The molecule has 1 rings (SSSR count). The summed E-state index contributed by atoms with van der Waals surface area (Å²) in [7, 11) is 0. The van der Waals surface area contributed by atoms with Crippen molar-refractivity contribution >= 4 is 11.3 Å². The molecule has 2 N–H and O–H groups in total. The molecule has 0 radical (unpaired) electrons. The second-order valence-corrected chi connectivity index (χ2v) is 2.82. The Hall–Kier alpha value is -0.850. The van der Waals surface area contributed by atoms with Gasteiger partial charge in [0.2, 0.25) is 0 Å². The Morgan fingerprint density at radius 2 is 2.60 bits per heavy atom. The van der Waals surface area contributed by atoms with Crippen LogP contribution in [0.2, 0.25) is 0 Å². The van der Waals surface area contributed by atoms with Crippen LogP contribution in [0, 0.1) is 18.8 Å². The van der Waals surface area contributed by atoms with Crippen LogP contribution in [0.3, 0.4) is 0 Å². The maximum Gasteiger partial charge on any atom is 0.124 e. The lowest BCUT2D eigenvalue weighted by atomic mass is 10.5. The summed E-state index contributed by atoms with van der Waals surface area (Å²) < 4.78 is 0. The molecule has 0 spiro atoms. The monoisotopic (exact) mass is 152 g/mol. The SMILES string of the molecule is Cc1nc(C#CCN)cs1. The number of hydrogen-bond donors (Lipinski definition) is 1. The van der Waals surface area contributed by atoms with Crippen LogP contribution in [-0.4, -0.2) is 11.5 Å². The van der Waals surface area contributed by atoms with E-state index >= 15 is 0 Å². The molecular weight excluding hydrogens is 144 g/mol. The predicted octanol–water partition coefficient (Wildman–Crippen LogP) is 0.762. The van der Waals surface area contributed by atoms with Crippen molar-refractivity contribution in [3.05, 3.63) is 16.1 Å². The van der Waals surface area contributed by atoms with Crippen LogP contribution in [0.15, 0.2) is 5.38 Å². The highest BCUT2D eigenvalue weighted by atomic mass is 32.1. The lowest BCUT2D eigenvalue weighted by Crippen LogP contribution is -1.92. The van der Waals surface area contributed by atoms with Crippen LogP contribution >= 0.6 is 11.3 Å². The van der Waals surface area contributed by atoms with Gasteiger partial charge in [-0.1, -0.05) is 5.92 Å². The highest BCUT2D eigenvalue weighted by Crippen LogP contribution is 2.05. The fraction of sp³-hybridized carbons (Fsp3) is 0.286. The van der Waals surface area contributed by atoms with E-state index in [0.29, 0.717) is 6.54 Å². The van der Waals surface area contributed by atoms with Gasteiger partial charge in [0.25, 0.3) is 0 Å². The molecule has 0 aliphatic rings. The zero-order valence-electron chi connectivity index (χ0n) is 5.72. The second-order valence-electron chi connectivity index (χ2n) is 1.76. The normalized spacial score (nSPS) is 8.60. The maximum atomic E-state index is 5.19. The quantitative estimate of drug-likeness (QED) is 0.557. The Balaban J connectivity index is 2.76. The third-order valence-corrected chi connectivity index (χ3v) is 1.71. The van der Waals surface area contributed by atoms with Gasteiger partial charge in [0.1, 0.15) is 5.69 Å². The Labute approximate surface area is 64.1 Å². The molecule has 0 aliphatic heterocycles. The minimum atomic E-state index is 0.399. The molecule has 3 heteroatoms. The third-order valence-electron chi connectivity index (χ3n) is 0.938. The van der Waals surface area contributed by atoms with Crippen molar-refractivity contribution in [1.82, 2.24) is 4.98 Å². The van der Waals surface area contributed by atoms with Crippen molar-refractivity contribution < 1.29 is 0 Å². The summed E-state index contributed by atoms with van der Waals surface area (Å²) in [4.78, 5) is 4.14. The van der Waals surface area contributed by atoms with Crippen molar-refractivity contribution in [2.45, 2.75) is 6.92 Å². The highest BCUT2D eigenvalue weighted by molar-refractivity contribution is 7.09. The van der Waals surface area contributed by atoms with E-state index in [0.717, 1.165) is 10.7 Å². The van der Waals surface area contributed by atoms with Gasteiger partial charge in [0.05, 0.1) is 11.6 Å². The summed E-state index contributed by atoms with van der Waals surface area (Å²) in [5.41, 5.74) is 6.01. The number of hydrogen-bond acceptors (Lipinski definition) is 3. The fourth-order valence-corrected chi connectivity index (χ4v) is 1.11. The van der Waals surface area contributed by atoms with Gasteiger partial charge in [-0.05, 0) is 12.8 Å². The van der Waals surface area contributed by atoms with Gasteiger partial charge in [-0.25, -0.2) is 4.98 Å². The molecular formula is C7H8N2S. The van der Waals surface area contributed by atoms with Gasteiger partial charge in [-0.3, -0.25) is 0 Å². The van der Waals surface area contributed by atoms with Crippen LogP contribution in [0.1, 0.15) is 10.7 Å². The Bertz CT molecular complexity index is 267. The lowest BCUT2D eigenvalue weighted by molar-refractivity contribution is 1.26. The van der Waals surface area contributed by atoms with Crippen LogP contribution in [0.5, 0.6) is 0 Å². The zero-order chi connectivity index (χ0) is 7.40. The number of thiazole rings is 1. The number of rotatable bonds is 0. The summed E-state index contributed by atoms with van der Waals surface area (Å²) >= 11 is 1.60. The third kappa shape index (κ3) is 1.83. The maximum absolute atomic E-state index is 5.19. The fourth-order valence-electron chi connectivity index (χ4n) is 0.562. The molecule has 0 atom stereocenters. The van der Waals surface area contributed by atoms with Gasteiger partial charge < -0.3 is 5.73 Å². The van der Waals surface area contributed by atoms with Crippen LogP contribution in [0.25, 0.3) is 0 Å². The molecule has 2 nitrogen and oxygen atoms in total. The number of aryl methyl sites for hydroxylation is 1. The van der Waals surface area contributed by atoms with Crippen LogP contribution < -0.4 is 5.73 Å². The largest absolute Gasteiger partial charge is 0.320 e. The van der Waals surface area contributed by atoms with Crippen LogP contribution in [-0.2, 0) is 0 Å². The van der Waals surface area contributed by atoms with E-state index in [9.17, 15) is 0 Å². The topological polar surface area (TPSA) is 38.9 Å². The van der Waals surface area contributed by atoms with E-state index in [1.165, 1.54) is 0 Å². The minimum absolute atomic E-state index is 0.399. The van der Waals surface area contributed by atoms with Crippen LogP contribution in [0.4, 0.5) is 0 Å². The zero-order valence-corrected chi connectivity index (χ0v) is 6.53. The molecule has 1 aromatic rings. The van der Waals surface area contributed by atoms with Crippen molar-refractivity contribution in [1.29, 1.82) is 0 Å². The van der Waals surface area contributed by atoms with E-state index in [-0.39, 0.29) is 0 Å².